The standard InChI is InChI=1S/C5H10N4/c1-9(2)5(8)4(7)3-6/h7-8H2,1-2H3/b5-4-. The molecule has 0 bridgehead atoms. The Balaban J connectivity index is 4.34. The first-order valence-electron chi connectivity index (χ1n) is 2.42. The van der Waals surface area contributed by atoms with Crippen LogP contribution in [0.4, 0.5) is 0 Å². The van der Waals surface area contributed by atoms with E-state index in [1.54, 1.807) is 25.1 Å². The molecule has 0 saturated heterocycles. The van der Waals surface area contributed by atoms with Crippen molar-refractivity contribution in [2.24, 2.45) is 11.5 Å². The molecule has 0 unspecified atom stereocenters. The first-order chi connectivity index (χ1) is 4.09. The first-order valence-corrected chi connectivity index (χ1v) is 2.42. The Morgan fingerprint density at radius 3 is 2.00 bits per heavy atom. The van der Waals surface area contributed by atoms with E-state index in [1.165, 1.54) is 0 Å². The lowest BCUT2D eigenvalue weighted by Crippen LogP contribution is -2.23. The third-order valence-electron chi connectivity index (χ3n) is 0.878. The molecule has 4 heteroatoms. The molecule has 9 heavy (non-hydrogen) atoms. The predicted molar refractivity (Wildman–Crippen MR) is 34.7 cm³/mol. The summed E-state index contributed by atoms with van der Waals surface area (Å²) in [7, 11) is 3.44. The molecule has 4 N–H and O–H groups in total. The first kappa shape index (κ1) is 7.63. The number of hydrogen-bond donors (Lipinski definition) is 2. The molecule has 0 aliphatic carbocycles. The normalized spacial score (nSPS) is 11.7. The second-order valence-electron chi connectivity index (χ2n) is 1.81. The van der Waals surface area contributed by atoms with Crippen LogP contribution in [-0.2, 0) is 0 Å². The van der Waals surface area contributed by atoms with E-state index in [0.717, 1.165) is 0 Å². The highest BCUT2D eigenvalue weighted by Gasteiger charge is 1.97. The Morgan fingerprint density at radius 1 is 1.44 bits per heavy atom. The maximum Gasteiger partial charge on any atom is 0.151 e. The quantitative estimate of drug-likeness (QED) is 0.449. The van der Waals surface area contributed by atoms with Gasteiger partial charge in [-0.3, -0.25) is 0 Å². The van der Waals surface area contributed by atoms with Crippen LogP contribution in [0.25, 0.3) is 0 Å². The SMILES string of the molecule is CN(C)/C(N)=C(\N)C#N. The van der Waals surface area contributed by atoms with Crippen molar-refractivity contribution in [1.29, 1.82) is 5.26 Å². The molecule has 0 heterocycles. The number of rotatable bonds is 1. The molecule has 0 amide bonds. The van der Waals surface area contributed by atoms with Crippen molar-refractivity contribution in [3.8, 4) is 6.07 Å². The third kappa shape index (κ3) is 1.91. The van der Waals surface area contributed by atoms with E-state index < -0.39 is 0 Å². The van der Waals surface area contributed by atoms with Crippen molar-refractivity contribution in [3.63, 3.8) is 0 Å². The van der Waals surface area contributed by atoms with Crippen molar-refractivity contribution in [1.82, 2.24) is 4.90 Å². The monoisotopic (exact) mass is 126 g/mol. The molecule has 0 aliphatic heterocycles. The summed E-state index contributed by atoms with van der Waals surface area (Å²) < 4.78 is 0. The molecule has 0 rings (SSSR count). The molecule has 0 aromatic carbocycles. The fourth-order valence-corrected chi connectivity index (χ4v) is 0.298. The Morgan fingerprint density at radius 2 is 1.89 bits per heavy atom. The summed E-state index contributed by atoms with van der Waals surface area (Å²) >= 11 is 0. The average molecular weight is 126 g/mol. The summed E-state index contributed by atoms with van der Waals surface area (Å²) in [6.45, 7) is 0. The van der Waals surface area contributed by atoms with E-state index in [2.05, 4.69) is 0 Å². The van der Waals surface area contributed by atoms with Crippen LogP contribution in [0.15, 0.2) is 11.5 Å². The fraction of sp³-hybridized carbons (Fsp3) is 0.400. The highest BCUT2D eigenvalue weighted by molar-refractivity contribution is 5.20. The van der Waals surface area contributed by atoms with E-state index in [0.29, 0.717) is 5.82 Å². The molecule has 0 spiro atoms. The third-order valence-corrected chi connectivity index (χ3v) is 0.878. The van der Waals surface area contributed by atoms with Crippen LogP contribution in [0.2, 0.25) is 0 Å². The van der Waals surface area contributed by atoms with Crippen molar-refractivity contribution in [2.75, 3.05) is 14.1 Å². The van der Waals surface area contributed by atoms with E-state index in [9.17, 15) is 0 Å². The van der Waals surface area contributed by atoms with Crippen LogP contribution in [0, 0.1) is 11.3 Å². The van der Waals surface area contributed by atoms with Gasteiger partial charge in [-0.05, 0) is 0 Å². The Labute approximate surface area is 54.3 Å². The van der Waals surface area contributed by atoms with Gasteiger partial charge in [0, 0.05) is 14.1 Å². The highest BCUT2D eigenvalue weighted by Crippen LogP contribution is 1.90. The van der Waals surface area contributed by atoms with Crippen molar-refractivity contribution in [2.45, 2.75) is 0 Å². The summed E-state index contributed by atoms with van der Waals surface area (Å²) in [4.78, 5) is 1.58. The zero-order valence-corrected chi connectivity index (χ0v) is 5.55. The fourth-order valence-electron chi connectivity index (χ4n) is 0.298. The zero-order valence-electron chi connectivity index (χ0n) is 5.55. The van der Waals surface area contributed by atoms with Gasteiger partial charge in [-0.25, -0.2) is 0 Å². The van der Waals surface area contributed by atoms with Gasteiger partial charge < -0.3 is 16.4 Å². The van der Waals surface area contributed by atoms with Crippen molar-refractivity contribution in [3.05, 3.63) is 11.5 Å². The molecule has 0 aliphatic rings. The Bertz CT molecular complexity index is 162. The van der Waals surface area contributed by atoms with Gasteiger partial charge in [0.25, 0.3) is 0 Å². The minimum atomic E-state index is 0.0556. The van der Waals surface area contributed by atoms with Crippen LogP contribution in [0.3, 0.4) is 0 Å². The summed E-state index contributed by atoms with van der Waals surface area (Å²) in [5.74, 6) is 0.303. The van der Waals surface area contributed by atoms with Gasteiger partial charge in [-0.15, -0.1) is 0 Å². The topological polar surface area (TPSA) is 79.1 Å². The summed E-state index contributed by atoms with van der Waals surface area (Å²) in [6, 6.07) is 1.74. The molecule has 0 fully saturated rings. The Kier molecular flexibility index (Phi) is 2.39. The Hall–Kier alpha value is -1.37. The minimum absolute atomic E-state index is 0.0556. The van der Waals surface area contributed by atoms with Crippen LogP contribution < -0.4 is 11.5 Å². The molecular weight excluding hydrogens is 116 g/mol. The van der Waals surface area contributed by atoms with Gasteiger partial charge >= 0.3 is 0 Å². The number of nitriles is 1. The smallest absolute Gasteiger partial charge is 0.151 e. The van der Waals surface area contributed by atoms with Crippen molar-refractivity contribution < 1.29 is 0 Å². The predicted octanol–water partition coefficient (Wildman–Crippen LogP) is -0.842. The minimum Gasteiger partial charge on any atom is -0.387 e. The highest BCUT2D eigenvalue weighted by atomic mass is 15.1. The molecule has 0 aromatic heterocycles. The van der Waals surface area contributed by atoms with Crippen LogP contribution in [0.5, 0.6) is 0 Å². The second-order valence-corrected chi connectivity index (χ2v) is 1.81. The summed E-state index contributed by atoms with van der Waals surface area (Å²) in [5, 5.41) is 8.21. The molecule has 0 radical (unpaired) electrons. The summed E-state index contributed by atoms with van der Waals surface area (Å²) in [5.41, 5.74) is 10.6. The second kappa shape index (κ2) is 2.82. The van der Waals surface area contributed by atoms with Gasteiger partial charge in [0.1, 0.15) is 11.9 Å². The molecule has 4 nitrogen and oxygen atoms in total. The van der Waals surface area contributed by atoms with Crippen LogP contribution >= 0.6 is 0 Å². The molecule has 0 aromatic rings. The van der Waals surface area contributed by atoms with E-state index in [4.69, 9.17) is 16.7 Å². The maximum absolute atomic E-state index is 8.21. The number of nitrogens with two attached hydrogens (primary N) is 2. The lowest BCUT2D eigenvalue weighted by Gasteiger charge is -2.11. The molecule has 0 atom stereocenters. The van der Waals surface area contributed by atoms with Gasteiger partial charge in [-0.2, -0.15) is 5.26 Å². The molecular formula is C5H10N4. The van der Waals surface area contributed by atoms with E-state index >= 15 is 0 Å². The van der Waals surface area contributed by atoms with Gasteiger partial charge in [0.05, 0.1) is 0 Å². The lowest BCUT2D eigenvalue weighted by molar-refractivity contribution is 0.500. The number of hydrogen-bond acceptors (Lipinski definition) is 4. The van der Waals surface area contributed by atoms with Crippen molar-refractivity contribution >= 4 is 0 Å². The van der Waals surface area contributed by atoms with E-state index in [1.807, 2.05) is 0 Å². The van der Waals surface area contributed by atoms with Gasteiger partial charge in [0.2, 0.25) is 0 Å². The van der Waals surface area contributed by atoms with Crippen LogP contribution in [0.1, 0.15) is 0 Å². The number of allylic oxidation sites excluding steroid dienone is 1. The average Bonchev–Trinajstić information content (AvgIpc) is 1.84. The molecule has 50 valence electrons. The molecule has 0 saturated carbocycles. The number of nitrogens with zero attached hydrogens (tertiary/aromatic N) is 2. The van der Waals surface area contributed by atoms with Gasteiger partial charge in [0.15, 0.2) is 5.70 Å². The zero-order chi connectivity index (χ0) is 7.44. The van der Waals surface area contributed by atoms with E-state index in [-0.39, 0.29) is 5.70 Å². The largest absolute Gasteiger partial charge is 0.387 e. The summed E-state index contributed by atoms with van der Waals surface area (Å²) in [6.07, 6.45) is 0. The van der Waals surface area contributed by atoms with Crippen LogP contribution in [-0.4, -0.2) is 19.0 Å². The lowest BCUT2D eigenvalue weighted by atomic mass is 10.5. The van der Waals surface area contributed by atoms with Gasteiger partial charge in [-0.1, -0.05) is 0 Å². The maximum atomic E-state index is 8.21.